The lowest BCUT2D eigenvalue weighted by Crippen LogP contribution is -2.50. The molecule has 2 aromatic rings. The summed E-state index contributed by atoms with van der Waals surface area (Å²) in [4.78, 5) is 13.5. The molecule has 0 saturated carbocycles. The molecule has 2 atom stereocenters. The van der Waals surface area contributed by atoms with E-state index in [1.807, 2.05) is 75.4 Å². The number of nitrogens with two attached hydrogens (primary N) is 1. The standard InChI is InChI=1S/C25H37N3O3S/c1-18(2)16-28(32-21-13-11-20(26)12-14-21)17-23(29)22(15-19-9-7-6-8-10-19)27-24(30)31-25(3,4)5/h6-14,18,22-23,29H,15-17,26H2,1-5H3,(H,27,30)/t22-,23+/m0/s1. The first kappa shape index (κ1) is 26.0. The quantitative estimate of drug-likeness (QED) is 0.352. The van der Waals surface area contributed by atoms with Gasteiger partial charge in [-0.05, 0) is 74.9 Å². The predicted molar refractivity (Wildman–Crippen MR) is 132 cm³/mol. The number of carbonyl (C=O) groups excluding carboxylic acids is 1. The lowest BCUT2D eigenvalue weighted by atomic mass is 10.0. The van der Waals surface area contributed by atoms with Crippen molar-refractivity contribution in [2.75, 3.05) is 18.8 Å². The number of nitrogens with zero attached hydrogens (tertiary/aromatic N) is 1. The summed E-state index contributed by atoms with van der Waals surface area (Å²) in [6.07, 6.45) is -0.814. The maximum atomic E-state index is 12.5. The molecule has 7 heteroatoms. The molecule has 0 aliphatic heterocycles. The highest BCUT2D eigenvalue weighted by Gasteiger charge is 2.27. The first-order valence-electron chi connectivity index (χ1n) is 11.0. The van der Waals surface area contributed by atoms with Crippen molar-refractivity contribution in [3.63, 3.8) is 0 Å². The molecule has 0 fully saturated rings. The van der Waals surface area contributed by atoms with Crippen LogP contribution in [0, 0.1) is 5.92 Å². The smallest absolute Gasteiger partial charge is 0.407 e. The minimum atomic E-state index is -0.789. The molecule has 0 heterocycles. The van der Waals surface area contributed by atoms with Gasteiger partial charge in [0.25, 0.3) is 0 Å². The Morgan fingerprint density at radius 3 is 2.28 bits per heavy atom. The second kappa shape index (κ2) is 12.1. The molecule has 0 bridgehead atoms. The Bertz CT molecular complexity index is 823. The third kappa shape index (κ3) is 9.94. The minimum absolute atomic E-state index is 0.389. The van der Waals surface area contributed by atoms with E-state index in [1.54, 1.807) is 11.9 Å². The van der Waals surface area contributed by atoms with Gasteiger partial charge in [-0.3, -0.25) is 0 Å². The van der Waals surface area contributed by atoms with Gasteiger partial charge in [0.2, 0.25) is 0 Å². The van der Waals surface area contributed by atoms with E-state index in [4.69, 9.17) is 10.5 Å². The Labute approximate surface area is 196 Å². The number of carbonyl (C=O) groups is 1. The fourth-order valence-corrected chi connectivity index (χ4v) is 4.34. The number of amides is 1. The molecule has 0 saturated heterocycles. The van der Waals surface area contributed by atoms with Crippen molar-refractivity contribution >= 4 is 23.7 Å². The van der Waals surface area contributed by atoms with Gasteiger partial charge in [-0.2, -0.15) is 0 Å². The highest BCUT2D eigenvalue weighted by molar-refractivity contribution is 7.97. The molecule has 0 aliphatic carbocycles. The lowest BCUT2D eigenvalue weighted by molar-refractivity contribution is 0.0402. The fraction of sp³-hybridized carbons (Fsp3) is 0.480. The van der Waals surface area contributed by atoms with E-state index in [-0.39, 0.29) is 0 Å². The summed E-state index contributed by atoms with van der Waals surface area (Å²) in [6, 6.07) is 17.0. The molecule has 176 valence electrons. The molecular weight excluding hydrogens is 422 g/mol. The van der Waals surface area contributed by atoms with Crippen LogP contribution in [-0.4, -0.2) is 46.3 Å². The first-order valence-corrected chi connectivity index (χ1v) is 11.8. The van der Waals surface area contributed by atoms with Crippen molar-refractivity contribution in [2.24, 2.45) is 5.92 Å². The highest BCUT2D eigenvalue weighted by atomic mass is 32.2. The number of aliphatic hydroxyl groups excluding tert-OH is 1. The molecular formula is C25H37N3O3S. The third-order valence-electron chi connectivity index (χ3n) is 4.54. The second-order valence-corrected chi connectivity index (χ2v) is 10.6. The van der Waals surface area contributed by atoms with Crippen LogP contribution >= 0.6 is 11.9 Å². The largest absolute Gasteiger partial charge is 0.444 e. The van der Waals surface area contributed by atoms with E-state index < -0.39 is 23.8 Å². The second-order valence-electron chi connectivity index (χ2n) is 9.41. The van der Waals surface area contributed by atoms with Gasteiger partial charge in [0.1, 0.15) is 5.60 Å². The minimum Gasteiger partial charge on any atom is -0.444 e. The number of rotatable bonds is 10. The van der Waals surface area contributed by atoms with Crippen molar-refractivity contribution in [3.8, 4) is 0 Å². The van der Waals surface area contributed by atoms with Gasteiger partial charge in [0.05, 0.1) is 12.1 Å². The van der Waals surface area contributed by atoms with Crippen LogP contribution in [0.2, 0.25) is 0 Å². The molecule has 1 amide bonds. The van der Waals surface area contributed by atoms with E-state index in [1.165, 1.54) is 0 Å². The van der Waals surface area contributed by atoms with Crippen LogP contribution in [0.5, 0.6) is 0 Å². The molecule has 0 radical (unpaired) electrons. The fourth-order valence-electron chi connectivity index (χ4n) is 3.18. The summed E-state index contributed by atoms with van der Waals surface area (Å²) >= 11 is 1.58. The average molecular weight is 460 g/mol. The number of nitrogens with one attached hydrogen (secondary N) is 1. The topological polar surface area (TPSA) is 87.8 Å². The molecule has 0 spiro atoms. The summed E-state index contributed by atoms with van der Waals surface area (Å²) < 4.78 is 7.58. The van der Waals surface area contributed by atoms with Crippen molar-refractivity contribution in [2.45, 2.75) is 63.7 Å². The van der Waals surface area contributed by atoms with Gasteiger partial charge in [-0.1, -0.05) is 44.2 Å². The number of benzene rings is 2. The van der Waals surface area contributed by atoms with Gasteiger partial charge in [0.15, 0.2) is 0 Å². The third-order valence-corrected chi connectivity index (χ3v) is 5.58. The van der Waals surface area contributed by atoms with Gasteiger partial charge in [-0.25, -0.2) is 9.10 Å². The molecule has 4 N–H and O–H groups in total. The lowest BCUT2D eigenvalue weighted by Gasteiger charge is -2.31. The zero-order chi connectivity index (χ0) is 23.7. The van der Waals surface area contributed by atoms with Crippen LogP contribution in [0.4, 0.5) is 10.5 Å². The zero-order valence-electron chi connectivity index (χ0n) is 19.7. The molecule has 2 rings (SSSR count). The van der Waals surface area contributed by atoms with E-state index in [0.717, 1.165) is 17.0 Å². The van der Waals surface area contributed by atoms with E-state index in [2.05, 4.69) is 23.5 Å². The van der Waals surface area contributed by atoms with Crippen LogP contribution in [0.3, 0.4) is 0 Å². The Morgan fingerprint density at radius 2 is 1.72 bits per heavy atom. The number of ether oxygens (including phenoxy) is 1. The van der Waals surface area contributed by atoms with Crippen molar-refractivity contribution in [3.05, 3.63) is 60.2 Å². The summed E-state index contributed by atoms with van der Waals surface area (Å²) in [5.74, 6) is 0.412. The first-order chi connectivity index (χ1) is 15.0. The van der Waals surface area contributed by atoms with Gasteiger partial charge < -0.3 is 20.9 Å². The highest BCUT2D eigenvalue weighted by Crippen LogP contribution is 2.25. The Hall–Kier alpha value is -2.22. The van der Waals surface area contributed by atoms with E-state index >= 15 is 0 Å². The van der Waals surface area contributed by atoms with Gasteiger partial charge in [0, 0.05) is 23.7 Å². The Balaban J connectivity index is 2.14. The Kier molecular flexibility index (Phi) is 9.87. The van der Waals surface area contributed by atoms with Crippen molar-refractivity contribution < 1.29 is 14.6 Å². The maximum absolute atomic E-state index is 12.5. The van der Waals surface area contributed by atoms with Crippen LogP contribution in [0.25, 0.3) is 0 Å². The number of aliphatic hydroxyl groups is 1. The Morgan fingerprint density at radius 1 is 1.09 bits per heavy atom. The van der Waals surface area contributed by atoms with Crippen molar-refractivity contribution in [1.29, 1.82) is 0 Å². The molecule has 6 nitrogen and oxygen atoms in total. The number of hydrogen-bond acceptors (Lipinski definition) is 6. The molecule has 0 unspecified atom stereocenters. The summed E-state index contributed by atoms with van der Waals surface area (Å²) in [5.41, 5.74) is 6.95. The summed E-state index contributed by atoms with van der Waals surface area (Å²) in [5, 5.41) is 14.1. The number of nitrogen functional groups attached to an aromatic ring is 1. The number of hydrogen-bond donors (Lipinski definition) is 3. The van der Waals surface area contributed by atoms with Gasteiger partial charge >= 0.3 is 6.09 Å². The molecule has 0 aliphatic rings. The van der Waals surface area contributed by atoms with Crippen LogP contribution in [-0.2, 0) is 11.2 Å². The number of anilines is 1. The molecule has 2 aromatic carbocycles. The van der Waals surface area contributed by atoms with Crippen LogP contribution in [0.15, 0.2) is 59.5 Å². The number of alkyl carbamates (subject to hydrolysis) is 1. The SMILES string of the molecule is CC(C)CN(C[C@@H](O)[C@H](Cc1ccccc1)NC(=O)OC(C)(C)C)Sc1ccc(N)cc1. The maximum Gasteiger partial charge on any atom is 0.407 e. The normalized spacial score (nSPS) is 13.8. The predicted octanol–water partition coefficient (Wildman–Crippen LogP) is 4.73. The molecule has 32 heavy (non-hydrogen) atoms. The summed E-state index contributed by atoms with van der Waals surface area (Å²) in [6.45, 7) is 10.9. The van der Waals surface area contributed by atoms with Crippen LogP contribution < -0.4 is 11.1 Å². The van der Waals surface area contributed by atoms with Crippen LogP contribution in [0.1, 0.15) is 40.2 Å². The van der Waals surface area contributed by atoms with E-state index in [0.29, 0.717) is 24.6 Å². The van der Waals surface area contributed by atoms with Crippen molar-refractivity contribution in [1.82, 2.24) is 9.62 Å². The summed E-state index contributed by atoms with van der Waals surface area (Å²) in [7, 11) is 0. The molecule has 0 aromatic heterocycles. The average Bonchev–Trinajstić information content (AvgIpc) is 2.68. The monoisotopic (exact) mass is 459 g/mol. The zero-order valence-corrected chi connectivity index (χ0v) is 20.6. The van der Waals surface area contributed by atoms with E-state index in [9.17, 15) is 9.90 Å². The van der Waals surface area contributed by atoms with Gasteiger partial charge in [-0.15, -0.1) is 0 Å².